The van der Waals surface area contributed by atoms with Crippen LogP contribution in [0.1, 0.15) is 32.9 Å². The number of hydrogen-bond acceptors (Lipinski definition) is 12. The Morgan fingerprint density at radius 1 is 1.43 bits per heavy atom. The van der Waals surface area contributed by atoms with Crippen LogP contribution in [0, 0.1) is 5.41 Å². The van der Waals surface area contributed by atoms with Crippen LogP contribution < -0.4 is 11.1 Å². The van der Waals surface area contributed by atoms with Gasteiger partial charge in [-0.15, -0.1) is 23.1 Å². The number of thioether (sulfide) groups is 1. The van der Waals surface area contributed by atoms with Crippen LogP contribution in [0.3, 0.4) is 0 Å². The van der Waals surface area contributed by atoms with Crippen LogP contribution in [0.25, 0.3) is 0 Å². The van der Waals surface area contributed by atoms with Crippen LogP contribution in [-0.4, -0.2) is 76.5 Å². The molecule has 0 radical (unpaired) electrons. The number of nitrogens with two attached hydrogens (primary N) is 1. The first-order chi connectivity index (χ1) is 16.6. The molecule has 3 rings (SSSR count). The van der Waals surface area contributed by atoms with E-state index in [4.69, 9.17) is 20.0 Å². The predicted octanol–water partition coefficient (Wildman–Crippen LogP) is 0.881. The summed E-state index contributed by atoms with van der Waals surface area (Å²) in [5.41, 5.74) is 4.67. The summed E-state index contributed by atoms with van der Waals surface area (Å²) in [6, 6.07) is -0.810. The second-order valence-electron chi connectivity index (χ2n) is 7.86. The Hall–Kier alpha value is -3.13. The molecule has 12 nitrogen and oxygen atoms in total. The Balaban J connectivity index is 1.71. The van der Waals surface area contributed by atoms with E-state index in [2.05, 4.69) is 15.5 Å². The van der Waals surface area contributed by atoms with Crippen molar-refractivity contribution in [2.75, 3.05) is 25.1 Å². The van der Waals surface area contributed by atoms with Crippen LogP contribution in [0.2, 0.25) is 0 Å². The lowest BCUT2D eigenvalue weighted by molar-refractivity contribution is -0.189. The van der Waals surface area contributed by atoms with Crippen molar-refractivity contribution >= 4 is 57.7 Å². The highest BCUT2D eigenvalue weighted by atomic mass is 32.2. The number of nitrogen functional groups attached to an aromatic ring is 1. The zero-order chi connectivity index (χ0) is 25.8. The summed E-state index contributed by atoms with van der Waals surface area (Å²) >= 11 is 2.49. The molecule has 2 fully saturated rings. The average Bonchev–Trinajstić information content (AvgIpc) is 3.24. The molecule has 0 bridgehead atoms. The number of ether oxygens (including phenoxy) is 2. The van der Waals surface area contributed by atoms with E-state index in [-0.39, 0.29) is 34.4 Å². The SMILES string of the molecule is CCC=CC1(C(=O)OC(C)OC(C)=O)CS[C@@H]2C(NC(=O)C(=NOC)c3csc(N)n3)C(=O)N2C1. The van der Waals surface area contributed by atoms with Gasteiger partial charge in [-0.3, -0.25) is 19.2 Å². The van der Waals surface area contributed by atoms with Gasteiger partial charge in [0.25, 0.3) is 5.91 Å². The molecule has 2 aliphatic heterocycles. The number of carbonyl (C=O) groups is 4. The third-order valence-electron chi connectivity index (χ3n) is 5.24. The first kappa shape index (κ1) is 26.5. The fourth-order valence-corrected chi connectivity index (χ4v) is 5.71. The van der Waals surface area contributed by atoms with E-state index >= 15 is 0 Å². The van der Waals surface area contributed by atoms with Gasteiger partial charge < -0.3 is 30.3 Å². The third kappa shape index (κ3) is 5.75. The molecule has 1 aromatic heterocycles. The highest BCUT2D eigenvalue weighted by molar-refractivity contribution is 8.00. The summed E-state index contributed by atoms with van der Waals surface area (Å²) < 4.78 is 10.3. The molecular formula is C21H27N5O7S2. The molecule has 0 spiro atoms. The number of esters is 2. The van der Waals surface area contributed by atoms with Crippen LogP contribution in [0.15, 0.2) is 22.7 Å². The van der Waals surface area contributed by atoms with E-state index < -0.39 is 35.6 Å². The van der Waals surface area contributed by atoms with Crippen LogP contribution >= 0.6 is 23.1 Å². The van der Waals surface area contributed by atoms with Gasteiger partial charge in [0, 0.05) is 31.5 Å². The van der Waals surface area contributed by atoms with Crippen molar-refractivity contribution in [3.05, 3.63) is 23.2 Å². The Labute approximate surface area is 210 Å². The molecule has 3 N–H and O–H groups in total. The number of fused-ring (bicyclic) bond motifs is 1. The molecule has 0 aromatic carbocycles. The number of anilines is 1. The van der Waals surface area contributed by atoms with Crippen molar-refractivity contribution in [2.45, 2.75) is 44.9 Å². The minimum absolute atomic E-state index is 0.0691. The van der Waals surface area contributed by atoms with Crippen molar-refractivity contribution < 1.29 is 33.5 Å². The van der Waals surface area contributed by atoms with Gasteiger partial charge in [0.2, 0.25) is 12.2 Å². The summed E-state index contributed by atoms with van der Waals surface area (Å²) in [6.45, 7) is 4.66. The molecular weight excluding hydrogens is 498 g/mol. The van der Waals surface area contributed by atoms with Gasteiger partial charge in [0.1, 0.15) is 29.6 Å². The van der Waals surface area contributed by atoms with Crippen molar-refractivity contribution in [3.8, 4) is 0 Å². The molecule has 190 valence electrons. The van der Waals surface area contributed by atoms with Gasteiger partial charge in [-0.25, -0.2) is 4.98 Å². The fraction of sp³-hybridized carbons (Fsp3) is 0.524. The molecule has 3 unspecified atom stereocenters. The standard InChI is InChI=1S/C21H27N5O7S2/c1-5-6-7-21(19(30)33-12(3)32-11(2)27)9-26-17(29)15(18(26)35-10-21)24-16(28)14(25-31-4)13-8-34-20(22)23-13/h6-8,12,15,18H,5,9-10H2,1-4H3,(H2,22,23)(H,24,28)/t12?,15?,18-,21?/m1/s1. The number of nitrogens with zero attached hydrogens (tertiary/aromatic N) is 3. The lowest BCUT2D eigenvalue weighted by Crippen LogP contribution is -2.74. The number of oxime groups is 1. The van der Waals surface area contributed by atoms with E-state index in [1.165, 1.54) is 37.6 Å². The van der Waals surface area contributed by atoms with Gasteiger partial charge in [0.05, 0.1) is 0 Å². The van der Waals surface area contributed by atoms with Crippen LogP contribution in [0.4, 0.5) is 5.13 Å². The number of amides is 2. The molecule has 4 atom stereocenters. The molecule has 2 aliphatic rings. The fourth-order valence-electron chi connectivity index (χ4n) is 3.66. The molecule has 35 heavy (non-hydrogen) atoms. The Bertz CT molecular complexity index is 1060. The quantitative estimate of drug-likeness (QED) is 0.118. The van der Waals surface area contributed by atoms with E-state index in [0.29, 0.717) is 12.2 Å². The maximum Gasteiger partial charge on any atom is 0.321 e. The van der Waals surface area contributed by atoms with E-state index in [9.17, 15) is 19.2 Å². The number of aromatic nitrogens is 1. The van der Waals surface area contributed by atoms with Gasteiger partial charge in [-0.1, -0.05) is 24.2 Å². The molecule has 0 aliphatic carbocycles. The van der Waals surface area contributed by atoms with E-state index in [1.54, 1.807) is 11.5 Å². The molecule has 3 heterocycles. The van der Waals surface area contributed by atoms with E-state index in [0.717, 1.165) is 11.3 Å². The number of thiazole rings is 1. The van der Waals surface area contributed by atoms with Crippen LogP contribution in [-0.2, 0) is 33.5 Å². The molecule has 2 saturated heterocycles. The topological polar surface area (TPSA) is 163 Å². The Morgan fingerprint density at radius 3 is 2.77 bits per heavy atom. The first-order valence-electron chi connectivity index (χ1n) is 10.7. The second-order valence-corrected chi connectivity index (χ2v) is 9.86. The van der Waals surface area contributed by atoms with Gasteiger partial charge in [0.15, 0.2) is 10.8 Å². The van der Waals surface area contributed by atoms with Crippen molar-refractivity contribution in [1.29, 1.82) is 0 Å². The second kappa shape index (κ2) is 11.1. The highest BCUT2D eigenvalue weighted by Crippen LogP contribution is 2.43. The van der Waals surface area contributed by atoms with Crippen molar-refractivity contribution in [2.24, 2.45) is 10.6 Å². The Kier molecular flexibility index (Phi) is 8.38. The molecule has 0 saturated carbocycles. The zero-order valence-electron chi connectivity index (χ0n) is 19.7. The summed E-state index contributed by atoms with van der Waals surface area (Å²) in [5.74, 6) is -1.85. The number of hydrogen-bond donors (Lipinski definition) is 2. The minimum Gasteiger partial charge on any atom is -0.426 e. The van der Waals surface area contributed by atoms with E-state index in [1.807, 2.05) is 13.0 Å². The monoisotopic (exact) mass is 525 g/mol. The van der Waals surface area contributed by atoms with Gasteiger partial charge in [-0.05, 0) is 6.42 Å². The largest absolute Gasteiger partial charge is 0.426 e. The summed E-state index contributed by atoms with van der Waals surface area (Å²) in [5, 5.41) is 7.86. The van der Waals surface area contributed by atoms with Gasteiger partial charge in [-0.2, -0.15) is 0 Å². The predicted molar refractivity (Wildman–Crippen MR) is 129 cm³/mol. The summed E-state index contributed by atoms with van der Waals surface area (Å²) in [7, 11) is 1.29. The number of carbonyl (C=O) groups excluding carboxylic acids is 4. The zero-order valence-corrected chi connectivity index (χ0v) is 21.3. The molecule has 2 amide bonds. The van der Waals surface area contributed by atoms with Gasteiger partial charge >= 0.3 is 11.9 Å². The Morgan fingerprint density at radius 2 is 2.17 bits per heavy atom. The first-order valence-corrected chi connectivity index (χ1v) is 12.7. The lowest BCUT2D eigenvalue weighted by Gasteiger charge is -2.53. The third-order valence-corrected chi connectivity index (χ3v) is 7.46. The number of nitrogens with one attached hydrogen (secondary N) is 1. The lowest BCUT2D eigenvalue weighted by atomic mass is 9.86. The van der Waals surface area contributed by atoms with Crippen LogP contribution in [0.5, 0.6) is 0 Å². The normalized spacial score (nSPS) is 24.9. The minimum atomic E-state index is -1.11. The highest BCUT2D eigenvalue weighted by Gasteiger charge is 2.57. The summed E-state index contributed by atoms with van der Waals surface area (Å²) in [6.07, 6.45) is 3.17. The summed E-state index contributed by atoms with van der Waals surface area (Å²) in [4.78, 5) is 60.3. The molecule has 1 aromatic rings. The van der Waals surface area contributed by atoms with Crippen molar-refractivity contribution in [1.82, 2.24) is 15.2 Å². The molecule has 14 heteroatoms. The smallest absolute Gasteiger partial charge is 0.321 e. The number of allylic oxidation sites excluding steroid dienone is 1. The maximum atomic E-state index is 13.0. The average molecular weight is 526 g/mol. The maximum absolute atomic E-state index is 13.0. The number of rotatable bonds is 9. The van der Waals surface area contributed by atoms with Crippen molar-refractivity contribution in [3.63, 3.8) is 0 Å². The number of β-lactam (4-membered cyclic amide) rings is 1.